The van der Waals surface area contributed by atoms with Gasteiger partial charge in [-0.25, -0.2) is 4.79 Å². The number of amides is 2. The van der Waals surface area contributed by atoms with Gasteiger partial charge in [0.25, 0.3) is 0 Å². The third-order valence-electron chi connectivity index (χ3n) is 3.41. The second kappa shape index (κ2) is 6.90. The van der Waals surface area contributed by atoms with Gasteiger partial charge in [-0.3, -0.25) is 0 Å². The van der Waals surface area contributed by atoms with Gasteiger partial charge in [0, 0.05) is 12.2 Å². The number of hydrogen-bond donors (Lipinski definition) is 3. The molecule has 0 aliphatic heterocycles. The average Bonchev–Trinajstić information content (AvgIpc) is 2.49. The molecule has 0 saturated heterocycles. The molecule has 110 valence electrons. The Hall–Kier alpha value is -2.33. The first-order chi connectivity index (χ1) is 10.1. The van der Waals surface area contributed by atoms with Crippen LogP contribution >= 0.6 is 0 Å². The molecule has 0 fully saturated rings. The average molecular weight is 284 g/mol. The summed E-state index contributed by atoms with van der Waals surface area (Å²) in [6.07, 6.45) is -0.711. The SMILES string of the molecule is Cc1ccc(NC(=O)NCC(O)c2ccccc2)cc1C. The van der Waals surface area contributed by atoms with E-state index < -0.39 is 6.10 Å². The van der Waals surface area contributed by atoms with Crippen LogP contribution in [0.3, 0.4) is 0 Å². The molecule has 0 aliphatic carbocycles. The first kappa shape index (κ1) is 15.1. The smallest absolute Gasteiger partial charge is 0.319 e. The molecular formula is C17H20N2O2. The predicted octanol–water partition coefficient (Wildman–Crippen LogP) is 3.16. The topological polar surface area (TPSA) is 61.4 Å². The fraction of sp³-hybridized carbons (Fsp3) is 0.235. The van der Waals surface area contributed by atoms with Crippen LogP contribution in [-0.2, 0) is 0 Å². The Bertz CT molecular complexity index is 611. The van der Waals surface area contributed by atoms with E-state index in [1.165, 1.54) is 5.56 Å². The molecule has 2 aromatic carbocycles. The van der Waals surface area contributed by atoms with Crippen molar-refractivity contribution in [2.24, 2.45) is 0 Å². The molecule has 0 heterocycles. The van der Waals surface area contributed by atoms with E-state index in [1.54, 1.807) is 0 Å². The lowest BCUT2D eigenvalue weighted by atomic mass is 10.1. The van der Waals surface area contributed by atoms with Crippen molar-refractivity contribution in [1.82, 2.24) is 5.32 Å². The second-order valence-electron chi connectivity index (χ2n) is 5.06. The van der Waals surface area contributed by atoms with Crippen LogP contribution in [0.15, 0.2) is 48.5 Å². The molecular weight excluding hydrogens is 264 g/mol. The molecule has 3 N–H and O–H groups in total. The largest absolute Gasteiger partial charge is 0.387 e. The van der Waals surface area contributed by atoms with E-state index in [4.69, 9.17) is 0 Å². The van der Waals surface area contributed by atoms with E-state index in [1.807, 2.05) is 62.4 Å². The van der Waals surface area contributed by atoms with E-state index in [0.29, 0.717) is 0 Å². The van der Waals surface area contributed by atoms with E-state index in [0.717, 1.165) is 16.8 Å². The minimum atomic E-state index is -0.711. The first-order valence-corrected chi connectivity index (χ1v) is 6.91. The van der Waals surface area contributed by atoms with Crippen molar-refractivity contribution in [2.75, 3.05) is 11.9 Å². The summed E-state index contributed by atoms with van der Waals surface area (Å²) in [5.41, 5.74) is 3.83. The molecule has 1 unspecified atom stereocenters. The van der Waals surface area contributed by atoms with E-state index in [9.17, 15) is 9.90 Å². The van der Waals surface area contributed by atoms with E-state index in [2.05, 4.69) is 10.6 Å². The molecule has 1 atom stereocenters. The first-order valence-electron chi connectivity index (χ1n) is 6.91. The number of anilines is 1. The van der Waals surface area contributed by atoms with Crippen molar-refractivity contribution >= 4 is 11.7 Å². The standard InChI is InChI=1S/C17H20N2O2/c1-12-8-9-15(10-13(12)2)19-17(21)18-11-16(20)14-6-4-3-5-7-14/h3-10,16,20H,11H2,1-2H3,(H2,18,19,21). The number of urea groups is 1. The van der Waals surface area contributed by atoms with Crippen molar-refractivity contribution < 1.29 is 9.90 Å². The van der Waals surface area contributed by atoms with Crippen LogP contribution in [0.2, 0.25) is 0 Å². The number of carbonyl (C=O) groups is 1. The molecule has 0 radical (unpaired) electrons. The molecule has 0 aliphatic rings. The number of hydrogen-bond acceptors (Lipinski definition) is 2. The lowest BCUT2D eigenvalue weighted by molar-refractivity contribution is 0.175. The highest BCUT2D eigenvalue weighted by atomic mass is 16.3. The van der Waals surface area contributed by atoms with Crippen molar-refractivity contribution in [3.05, 3.63) is 65.2 Å². The van der Waals surface area contributed by atoms with Crippen LogP contribution in [0.5, 0.6) is 0 Å². The van der Waals surface area contributed by atoms with Gasteiger partial charge in [0.2, 0.25) is 0 Å². The summed E-state index contributed by atoms with van der Waals surface area (Å²) < 4.78 is 0. The third kappa shape index (κ3) is 4.33. The van der Waals surface area contributed by atoms with Gasteiger partial charge in [0.15, 0.2) is 0 Å². The number of aliphatic hydroxyl groups excluding tert-OH is 1. The number of nitrogens with one attached hydrogen (secondary N) is 2. The van der Waals surface area contributed by atoms with Gasteiger partial charge in [-0.05, 0) is 42.7 Å². The summed E-state index contributed by atoms with van der Waals surface area (Å²) in [7, 11) is 0. The number of rotatable bonds is 4. The number of aryl methyl sites for hydroxylation is 2. The van der Waals surface area contributed by atoms with Gasteiger partial charge in [-0.15, -0.1) is 0 Å². The summed E-state index contributed by atoms with van der Waals surface area (Å²) in [4.78, 5) is 11.8. The molecule has 2 aromatic rings. The van der Waals surface area contributed by atoms with Crippen LogP contribution in [-0.4, -0.2) is 17.7 Å². The Balaban J connectivity index is 1.86. The van der Waals surface area contributed by atoms with Crippen LogP contribution in [0.4, 0.5) is 10.5 Å². The Morgan fingerprint density at radius 3 is 2.48 bits per heavy atom. The second-order valence-corrected chi connectivity index (χ2v) is 5.06. The van der Waals surface area contributed by atoms with Gasteiger partial charge in [-0.1, -0.05) is 36.4 Å². The summed E-state index contributed by atoms with van der Waals surface area (Å²) in [5, 5.41) is 15.4. The van der Waals surface area contributed by atoms with Crippen molar-refractivity contribution in [3.8, 4) is 0 Å². The Labute approximate surface area is 124 Å². The molecule has 2 rings (SSSR count). The Morgan fingerprint density at radius 1 is 1.10 bits per heavy atom. The quantitative estimate of drug-likeness (QED) is 0.807. The minimum Gasteiger partial charge on any atom is -0.387 e. The summed E-state index contributed by atoms with van der Waals surface area (Å²) in [6, 6.07) is 14.7. The molecule has 0 spiro atoms. The fourth-order valence-electron chi connectivity index (χ4n) is 1.98. The fourth-order valence-corrected chi connectivity index (χ4v) is 1.98. The maximum atomic E-state index is 11.8. The summed E-state index contributed by atoms with van der Waals surface area (Å²) in [6.45, 7) is 4.19. The maximum absolute atomic E-state index is 11.8. The zero-order valence-electron chi connectivity index (χ0n) is 12.3. The number of aliphatic hydroxyl groups is 1. The molecule has 4 heteroatoms. The lowest BCUT2D eigenvalue weighted by Crippen LogP contribution is -2.32. The maximum Gasteiger partial charge on any atom is 0.319 e. The van der Waals surface area contributed by atoms with Gasteiger partial charge in [0.05, 0.1) is 6.10 Å². The molecule has 0 bridgehead atoms. The minimum absolute atomic E-state index is 0.167. The van der Waals surface area contributed by atoms with E-state index in [-0.39, 0.29) is 12.6 Å². The Morgan fingerprint density at radius 2 is 1.81 bits per heavy atom. The summed E-state index contributed by atoms with van der Waals surface area (Å²) in [5.74, 6) is 0. The summed E-state index contributed by atoms with van der Waals surface area (Å²) >= 11 is 0. The highest BCUT2D eigenvalue weighted by Gasteiger charge is 2.09. The molecule has 21 heavy (non-hydrogen) atoms. The van der Waals surface area contributed by atoms with Gasteiger partial charge in [-0.2, -0.15) is 0 Å². The molecule has 0 saturated carbocycles. The van der Waals surface area contributed by atoms with Crippen molar-refractivity contribution in [1.29, 1.82) is 0 Å². The van der Waals surface area contributed by atoms with Gasteiger partial charge < -0.3 is 15.7 Å². The highest BCUT2D eigenvalue weighted by molar-refractivity contribution is 5.89. The van der Waals surface area contributed by atoms with Crippen molar-refractivity contribution in [2.45, 2.75) is 20.0 Å². The third-order valence-corrected chi connectivity index (χ3v) is 3.41. The predicted molar refractivity (Wildman–Crippen MR) is 84.3 cm³/mol. The zero-order chi connectivity index (χ0) is 15.2. The Kier molecular flexibility index (Phi) is 4.95. The molecule has 4 nitrogen and oxygen atoms in total. The lowest BCUT2D eigenvalue weighted by Gasteiger charge is -2.13. The number of carbonyl (C=O) groups excluding carboxylic acids is 1. The number of benzene rings is 2. The van der Waals surface area contributed by atoms with E-state index >= 15 is 0 Å². The molecule has 2 amide bonds. The zero-order valence-corrected chi connectivity index (χ0v) is 12.3. The van der Waals surface area contributed by atoms with Crippen LogP contribution in [0.25, 0.3) is 0 Å². The van der Waals surface area contributed by atoms with Gasteiger partial charge >= 0.3 is 6.03 Å². The highest BCUT2D eigenvalue weighted by Crippen LogP contribution is 2.14. The van der Waals surface area contributed by atoms with Gasteiger partial charge in [0.1, 0.15) is 0 Å². The molecule has 0 aromatic heterocycles. The monoisotopic (exact) mass is 284 g/mol. The van der Waals surface area contributed by atoms with Crippen LogP contribution in [0, 0.1) is 13.8 Å². The van der Waals surface area contributed by atoms with Crippen LogP contribution in [0.1, 0.15) is 22.8 Å². The van der Waals surface area contributed by atoms with Crippen molar-refractivity contribution in [3.63, 3.8) is 0 Å². The normalized spacial score (nSPS) is 11.8. The van der Waals surface area contributed by atoms with Crippen LogP contribution < -0.4 is 10.6 Å².